The van der Waals surface area contributed by atoms with Crippen LogP contribution in [-0.2, 0) is 13.1 Å². The van der Waals surface area contributed by atoms with Crippen molar-refractivity contribution in [2.75, 3.05) is 20.6 Å². The zero-order valence-electron chi connectivity index (χ0n) is 13.4. The topological polar surface area (TPSA) is 33.1 Å². The molecule has 4 heteroatoms. The van der Waals surface area contributed by atoms with E-state index in [1.54, 1.807) is 0 Å². The fourth-order valence-corrected chi connectivity index (χ4v) is 3.39. The van der Waals surface area contributed by atoms with Gasteiger partial charge in [0.2, 0.25) is 0 Å². The quantitative estimate of drug-likeness (QED) is 0.886. The lowest BCUT2D eigenvalue weighted by atomic mass is 9.75. The number of fused-ring (bicyclic) bond motifs is 1. The lowest BCUT2D eigenvalue weighted by Gasteiger charge is -2.47. The molecule has 1 aromatic heterocycles. The molecule has 1 N–H and O–H groups in total. The van der Waals surface area contributed by atoms with E-state index < -0.39 is 0 Å². The van der Waals surface area contributed by atoms with Crippen LogP contribution in [0.5, 0.6) is 0 Å². The first kappa shape index (κ1) is 14.5. The highest BCUT2D eigenvalue weighted by Gasteiger charge is 2.38. The van der Waals surface area contributed by atoms with Crippen LogP contribution < -0.4 is 5.32 Å². The van der Waals surface area contributed by atoms with E-state index in [2.05, 4.69) is 60.1 Å². The monoisotopic (exact) mass is 286 g/mol. The maximum atomic E-state index is 4.78. The Morgan fingerprint density at radius 1 is 1.29 bits per heavy atom. The van der Waals surface area contributed by atoms with Gasteiger partial charge in [-0.25, -0.2) is 4.98 Å². The Kier molecular flexibility index (Phi) is 4.00. The molecule has 1 saturated carbocycles. The average molecular weight is 286 g/mol. The van der Waals surface area contributed by atoms with Crippen LogP contribution in [0.3, 0.4) is 0 Å². The van der Waals surface area contributed by atoms with Crippen molar-refractivity contribution in [3.63, 3.8) is 0 Å². The highest BCUT2D eigenvalue weighted by molar-refractivity contribution is 5.75. The summed E-state index contributed by atoms with van der Waals surface area (Å²) in [4.78, 5) is 7.16. The summed E-state index contributed by atoms with van der Waals surface area (Å²) in [6.07, 6.45) is 3.96. The molecular weight excluding hydrogens is 260 g/mol. The minimum Gasteiger partial charge on any atom is -0.327 e. The van der Waals surface area contributed by atoms with Gasteiger partial charge in [-0.1, -0.05) is 12.1 Å². The summed E-state index contributed by atoms with van der Waals surface area (Å²) in [6.45, 7) is 5.05. The van der Waals surface area contributed by atoms with Crippen molar-refractivity contribution in [2.45, 2.75) is 44.8 Å². The van der Waals surface area contributed by atoms with Gasteiger partial charge in [-0.3, -0.25) is 0 Å². The predicted molar refractivity (Wildman–Crippen MR) is 87.4 cm³/mol. The molecule has 21 heavy (non-hydrogen) atoms. The Morgan fingerprint density at radius 3 is 2.67 bits per heavy atom. The second-order valence-corrected chi connectivity index (χ2v) is 6.34. The Morgan fingerprint density at radius 2 is 2.05 bits per heavy atom. The molecule has 4 nitrogen and oxygen atoms in total. The maximum absolute atomic E-state index is 4.78. The van der Waals surface area contributed by atoms with E-state index in [-0.39, 0.29) is 0 Å². The molecule has 3 rings (SSSR count). The molecule has 1 fully saturated rings. The van der Waals surface area contributed by atoms with Gasteiger partial charge in [0.1, 0.15) is 5.82 Å². The van der Waals surface area contributed by atoms with E-state index in [9.17, 15) is 0 Å². The van der Waals surface area contributed by atoms with Gasteiger partial charge >= 0.3 is 0 Å². The van der Waals surface area contributed by atoms with Crippen molar-refractivity contribution in [2.24, 2.45) is 0 Å². The van der Waals surface area contributed by atoms with Gasteiger partial charge in [-0.05, 0) is 52.4 Å². The number of aromatic nitrogens is 2. The molecule has 0 spiro atoms. The van der Waals surface area contributed by atoms with E-state index in [4.69, 9.17) is 4.98 Å². The molecule has 2 aromatic rings. The number of nitrogens with one attached hydrogen (secondary N) is 1. The van der Waals surface area contributed by atoms with Crippen molar-refractivity contribution in [3.8, 4) is 0 Å². The average Bonchev–Trinajstić information content (AvgIpc) is 2.78. The van der Waals surface area contributed by atoms with Gasteiger partial charge in [-0.2, -0.15) is 0 Å². The molecule has 1 aromatic carbocycles. The van der Waals surface area contributed by atoms with Crippen molar-refractivity contribution in [1.82, 2.24) is 19.8 Å². The van der Waals surface area contributed by atoms with Crippen LogP contribution in [0.2, 0.25) is 0 Å². The van der Waals surface area contributed by atoms with Crippen LogP contribution in [0, 0.1) is 0 Å². The Hall–Kier alpha value is -1.39. The smallest absolute Gasteiger partial charge is 0.123 e. The molecule has 0 unspecified atom stereocenters. The van der Waals surface area contributed by atoms with Crippen LogP contribution in [0.25, 0.3) is 11.0 Å². The minimum atomic E-state index is 0.364. The largest absolute Gasteiger partial charge is 0.327 e. The molecule has 0 aliphatic heterocycles. The molecule has 0 bridgehead atoms. The molecule has 0 saturated heterocycles. The van der Waals surface area contributed by atoms with E-state index in [1.165, 1.54) is 24.8 Å². The van der Waals surface area contributed by atoms with Crippen molar-refractivity contribution in [3.05, 3.63) is 30.1 Å². The van der Waals surface area contributed by atoms with Crippen molar-refractivity contribution in [1.29, 1.82) is 0 Å². The molecule has 1 aliphatic carbocycles. The Labute approximate surface area is 127 Å². The summed E-state index contributed by atoms with van der Waals surface area (Å²) in [5, 5.41) is 3.64. The number of benzene rings is 1. The zero-order chi connectivity index (χ0) is 14.9. The Bertz CT molecular complexity index is 610. The first-order valence-corrected chi connectivity index (χ1v) is 7.98. The van der Waals surface area contributed by atoms with Gasteiger partial charge in [0, 0.05) is 18.6 Å². The van der Waals surface area contributed by atoms with E-state index >= 15 is 0 Å². The van der Waals surface area contributed by atoms with Gasteiger partial charge < -0.3 is 14.8 Å². The van der Waals surface area contributed by atoms with Gasteiger partial charge in [0.25, 0.3) is 0 Å². The summed E-state index contributed by atoms with van der Waals surface area (Å²) in [5.41, 5.74) is 2.70. The number of nitrogens with zero attached hydrogens (tertiary/aromatic N) is 3. The number of likely N-dealkylation sites (N-methyl/N-ethyl adjacent to an activating group) is 1. The highest BCUT2D eigenvalue weighted by Crippen LogP contribution is 2.35. The van der Waals surface area contributed by atoms with Gasteiger partial charge in [0.05, 0.1) is 17.6 Å². The molecule has 1 heterocycles. The predicted octanol–water partition coefficient (Wildman–Crippen LogP) is 2.63. The SMILES string of the molecule is CCn1c(CNCC2(N(C)C)CCC2)nc2ccccc21. The fraction of sp³-hybridized carbons (Fsp3) is 0.588. The summed E-state index contributed by atoms with van der Waals surface area (Å²) < 4.78 is 2.31. The molecular formula is C17H26N4. The molecule has 1 aliphatic rings. The van der Waals surface area contributed by atoms with Crippen LogP contribution >= 0.6 is 0 Å². The van der Waals surface area contributed by atoms with E-state index in [0.717, 1.165) is 31.0 Å². The van der Waals surface area contributed by atoms with Crippen LogP contribution in [0.15, 0.2) is 24.3 Å². The molecule has 0 amide bonds. The third kappa shape index (κ3) is 2.58. The lowest BCUT2D eigenvalue weighted by Crippen LogP contribution is -2.56. The molecule has 0 radical (unpaired) electrons. The normalized spacial score (nSPS) is 17.3. The Balaban J connectivity index is 1.71. The summed E-state index contributed by atoms with van der Waals surface area (Å²) in [6, 6.07) is 8.39. The van der Waals surface area contributed by atoms with Crippen LogP contribution in [0.4, 0.5) is 0 Å². The van der Waals surface area contributed by atoms with Crippen LogP contribution in [-0.4, -0.2) is 40.6 Å². The maximum Gasteiger partial charge on any atom is 0.123 e. The van der Waals surface area contributed by atoms with Gasteiger partial charge in [-0.15, -0.1) is 0 Å². The first-order chi connectivity index (χ1) is 10.2. The zero-order valence-corrected chi connectivity index (χ0v) is 13.4. The first-order valence-electron chi connectivity index (χ1n) is 7.98. The highest BCUT2D eigenvalue weighted by atomic mass is 15.2. The number of aryl methyl sites for hydroxylation is 1. The van der Waals surface area contributed by atoms with Crippen LogP contribution in [0.1, 0.15) is 32.0 Å². The number of hydrogen-bond acceptors (Lipinski definition) is 3. The fourth-order valence-electron chi connectivity index (χ4n) is 3.39. The second kappa shape index (κ2) is 5.78. The number of rotatable bonds is 6. The third-order valence-electron chi connectivity index (χ3n) is 5.02. The second-order valence-electron chi connectivity index (χ2n) is 6.34. The summed E-state index contributed by atoms with van der Waals surface area (Å²) >= 11 is 0. The summed E-state index contributed by atoms with van der Waals surface area (Å²) in [7, 11) is 4.39. The van der Waals surface area contributed by atoms with E-state index in [0.29, 0.717) is 5.54 Å². The third-order valence-corrected chi connectivity index (χ3v) is 5.02. The van der Waals surface area contributed by atoms with Crippen molar-refractivity contribution >= 4 is 11.0 Å². The number of para-hydroxylation sites is 2. The van der Waals surface area contributed by atoms with Gasteiger partial charge in [0.15, 0.2) is 0 Å². The van der Waals surface area contributed by atoms with E-state index in [1.807, 2.05) is 0 Å². The number of hydrogen-bond donors (Lipinski definition) is 1. The molecule has 0 atom stereocenters. The molecule has 114 valence electrons. The number of imidazole rings is 1. The summed E-state index contributed by atoms with van der Waals surface area (Å²) in [5.74, 6) is 1.15. The van der Waals surface area contributed by atoms with Crippen molar-refractivity contribution < 1.29 is 0 Å². The lowest BCUT2D eigenvalue weighted by molar-refractivity contribution is 0.0596. The standard InChI is InChI=1S/C17H26N4/c1-4-21-15-9-6-5-8-14(15)19-16(21)12-18-13-17(20(2)3)10-7-11-17/h5-6,8-9,18H,4,7,10-13H2,1-3H3. The minimum absolute atomic E-state index is 0.364.